The molecule has 0 saturated heterocycles. The fourth-order valence-electron chi connectivity index (χ4n) is 5.20. The Morgan fingerprint density at radius 2 is 1.30 bits per heavy atom. The highest BCUT2D eigenvalue weighted by Gasteiger charge is 2.21. The largest absolute Gasteiger partial charge is 0.436 e. The third-order valence-electron chi connectivity index (χ3n) is 7.24. The number of allylic oxidation sites excluding steroid dienone is 2. The van der Waals surface area contributed by atoms with Gasteiger partial charge in [0.15, 0.2) is 5.58 Å². The van der Waals surface area contributed by atoms with Crippen LogP contribution in [0.25, 0.3) is 39.3 Å². The summed E-state index contributed by atoms with van der Waals surface area (Å²) in [7, 11) is 0. The molecular weight excluding hydrogens is 492 g/mol. The minimum atomic E-state index is 0.145. The summed E-state index contributed by atoms with van der Waals surface area (Å²) in [6.07, 6.45) is 12.8. The predicted octanol–water partition coefficient (Wildman–Crippen LogP) is 8.50. The molecule has 192 valence electrons. The number of hydrogen-bond donors (Lipinski definition) is 0. The highest BCUT2D eigenvalue weighted by Crippen LogP contribution is 2.35. The Labute approximate surface area is 232 Å². The summed E-state index contributed by atoms with van der Waals surface area (Å²) in [5.74, 6) is 0.627. The molecule has 0 bridgehead atoms. The van der Waals surface area contributed by atoms with E-state index in [1.165, 1.54) is 11.1 Å². The number of hydrogen-bond acceptors (Lipinski definition) is 5. The number of oxazole rings is 1. The van der Waals surface area contributed by atoms with Crippen molar-refractivity contribution in [2.75, 3.05) is 4.90 Å². The maximum Gasteiger partial charge on any atom is 0.227 e. The van der Waals surface area contributed by atoms with E-state index in [9.17, 15) is 0 Å². The van der Waals surface area contributed by atoms with Gasteiger partial charge in [-0.25, -0.2) is 15.0 Å². The van der Waals surface area contributed by atoms with Gasteiger partial charge in [-0.2, -0.15) is 0 Å². The van der Waals surface area contributed by atoms with Gasteiger partial charge >= 0.3 is 0 Å². The number of benzene rings is 4. The van der Waals surface area contributed by atoms with E-state index in [2.05, 4.69) is 111 Å². The summed E-state index contributed by atoms with van der Waals surface area (Å²) in [4.78, 5) is 15.4. The Bertz CT molecular complexity index is 1770. The molecule has 5 nitrogen and oxygen atoms in total. The number of fused-ring (bicyclic) bond motifs is 1. The minimum absolute atomic E-state index is 0.145. The van der Waals surface area contributed by atoms with Gasteiger partial charge in [0, 0.05) is 34.9 Å². The van der Waals surface area contributed by atoms with Gasteiger partial charge in [-0.05, 0) is 71.7 Å². The molecule has 2 heterocycles. The monoisotopic (exact) mass is 518 g/mol. The second-order valence-corrected chi connectivity index (χ2v) is 9.77. The molecule has 0 N–H and O–H groups in total. The van der Waals surface area contributed by atoms with Crippen molar-refractivity contribution in [1.82, 2.24) is 15.0 Å². The molecule has 0 radical (unpaired) electrons. The van der Waals surface area contributed by atoms with E-state index < -0.39 is 0 Å². The number of para-hydroxylation sites is 2. The van der Waals surface area contributed by atoms with Gasteiger partial charge in [0.05, 0.1) is 6.04 Å². The SMILES string of the molecule is C1=CC(N(c2ccc(-c3ccccc3)cc2)c2ccc(-c3nc4ccccc4o3)cc2)CC=C1c1cncnc1. The van der Waals surface area contributed by atoms with Crippen LogP contribution in [-0.4, -0.2) is 21.0 Å². The van der Waals surface area contributed by atoms with Crippen molar-refractivity contribution in [2.24, 2.45) is 0 Å². The lowest BCUT2D eigenvalue weighted by Gasteiger charge is -2.33. The highest BCUT2D eigenvalue weighted by atomic mass is 16.3. The molecule has 7 rings (SSSR count). The quantitative estimate of drug-likeness (QED) is 0.221. The van der Waals surface area contributed by atoms with Crippen molar-refractivity contribution in [3.05, 3.63) is 146 Å². The average molecular weight is 519 g/mol. The van der Waals surface area contributed by atoms with Crippen molar-refractivity contribution < 1.29 is 4.42 Å². The Hall–Kier alpha value is -5.29. The van der Waals surface area contributed by atoms with Gasteiger partial charge in [0.1, 0.15) is 11.8 Å². The normalized spacial score (nSPS) is 14.7. The molecule has 40 heavy (non-hydrogen) atoms. The molecule has 1 unspecified atom stereocenters. The van der Waals surface area contributed by atoms with Crippen LogP contribution in [0.1, 0.15) is 12.0 Å². The summed E-state index contributed by atoms with van der Waals surface area (Å²) in [6, 6.07) is 35.7. The van der Waals surface area contributed by atoms with Crippen LogP contribution >= 0.6 is 0 Å². The second kappa shape index (κ2) is 10.5. The fraction of sp³-hybridized carbons (Fsp3) is 0.0571. The van der Waals surface area contributed by atoms with Crippen molar-refractivity contribution in [2.45, 2.75) is 12.5 Å². The molecule has 0 spiro atoms. The van der Waals surface area contributed by atoms with Crippen LogP contribution in [0, 0.1) is 0 Å². The standard InChI is InChI=1S/C35H26N4O/c1-2-6-25(7-3-1)26-10-16-30(17-11-26)39(31-18-12-27(13-19-31)29-22-36-24-37-23-29)32-20-14-28(15-21-32)35-38-33-8-4-5-9-34(33)40-35/h1-18,20-24,31H,19H2. The Morgan fingerprint density at radius 1 is 0.650 bits per heavy atom. The van der Waals surface area contributed by atoms with E-state index in [4.69, 9.17) is 4.42 Å². The van der Waals surface area contributed by atoms with E-state index in [0.29, 0.717) is 5.89 Å². The first-order valence-electron chi connectivity index (χ1n) is 13.4. The first kappa shape index (κ1) is 23.8. The number of nitrogens with zero attached hydrogens (tertiary/aromatic N) is 4. The first-order chi connectivity index (χ1) is 19.8. The van der Waals surface area contributed by atoms with Gasteiger partial charge in [0.25, 0.3) is 0 Å². The Morgan fingerprint density at radius 3 is 1.98 bits per heavy atom. The minimum Gasteiger partial charge on any atom is -0.436 e. The van der Waals surface area contributed by atoms with Crippen LogP contribution in [0.3, 0.4) is 0 Å². The molecule has 4 aromatic carbocycles. The molecule has 2 aromatic heterocycles. The van der Waals surface area contributed by atoms with Gasteiger partial charge < -0.3 is 9.32 Å². The molecule has 0 saturated carbocycles. The summed E-state index contributed by atoms with van der Waals surface area (Å²) in [5, 5.41) is 0. The molecule has 5 heteroatoms. The maximum absolute atomic E-state index is 6.01. The molecular formula is C35H26N4O. The summed E-state index contributed by atoms with van der Waals surface area (Å²) >= 11 is 0. The van der Waals surface area contributed by atoms with Crippen molar-refractivity contribution >= 4 is 28.0 Å². The Kier molecular flexibility index (Phi) is 6.23. The van der Waals surface area contributed by atoms with Crippen LogP contribution in [0.5, 0.6) is 0 Å². The summed E-state index contributed by atoms with van der Waals surface area (Å²) in [5.41, 5.74) is 9.40. The smallest absolute Gasteiger partial charge is 0.227 e. The number of anilines is 2. The van der Waals surface area contributed by atoms with Crippen molar-refractivity contribution in [3.8, 4) is 22.6 Å². The van der Waals surface area contributed by atoms with Crippen LogP contribution in [0.15, 0.2) is 144 Å². The zero-order valence-electron chi connectivity index (χ0n) is 21.8. The molecule has 1 aliphatic rings. The van der Waals surface area contributed by atoms with Gasteiger partial charge in [-0.15, -0.1) is 0 Å². The molecule has 0 amide bonds. The highest BCUT2D eigenvalue weighted by molar-refractivity contribution is 5.78. The van der Waals surface area contributed by atoms with Crippen LogP contribution in [-0.2, 0) is 0 Å². The van der Waals surface area contributed by atoms with E-state index >= 15 is 0 Å². The maximum atomic E-state index is 6.01. The zero-order valence-corrected chi connectivity index (χ0v) is 21.8. The van der Waals surface area contributed by atoms with E-state index in [1.807, 2.05) is 42.7 Å². The Balaban J connectivity index is 1.22. The molecule has 1 aliphatic carbocycles. The van der Waals surface area contributed by atoms with Gasteiger partial charge in [0.2, 0.25) is 5.89 Å². The van der Waals surface area contributed by atoms with Gasteiger partial charge in [-0.3, -0.25) is 0 Å². The van der Waals surface area contributed by atoms with E-state index in [-0.39, 0.29) is 6.04 Å². The molecule has 6 aromatic rings. The lowest BCUT2D eigenvalue weighted by molar-refractivity contribution is 0.620. The lowest BCUT2D eigenvalue weighted by Crippen LogP contribution is -2.30. The van der Waals surface area contributed by atoms with Crippen molar-refractivity contribution in [3.63, 3.8) is 0 Å². The van der Waals surface area contributed by atoms with Crippen LogP contribution in [0.2, 0.25) is 0 Å². The molecule has 0 aliphatic heterocycles. The topological polar surface area (TPSA) is 55.1 Å². The fourth-order valence-corrected chi connectivity index (χ4v) is 5.20. The zero-order chi connectivity index (χ0) is 26.7. The van der Waals surface area contributed by atoms with Gasteiger partial charge in [-0.1, -0.05) is 72.8 Å². The first-order valence-corrected chi connectivity index (χ1v) is 13.4. The third kappa shape index (κ3) is 4.69. The van der Waals surface area contributed by atoms with Crippen molar-refractivity contribution in [1.29, 1.82) is 0 Å². The number of rotatable bonds is 6. The second-order valence-electron chi connectivity index (χ2n) is 9.77. The lowest BCUT2D eigenvalue weighted by atomic mass is 9.96. The van der Waals surface area contributed by atoms with Crippen LogP contribution in [0.4, 0.5) is 11.4 Å². The van der Waals surface area contributed by atoms with E-state index in [1.54, 1.807) is 6.33 Å². The van der Waals surface area contributed by atoms with E-state index in [0.717, 1.165) is 45.6 Å². The summed E-state index contributed by atoms with van der Waals surface area (Å²) in [6.45, 7) is 0. The summed E-state index contributed by atoms with van der Waals surface area (Å²) < 4.78 is 6.01. The predicted molar refractivity (Wildman–Crippen MR) is 161 cm³/mol. The molecule has 0 fully saturated rings. The third-order valence-corrected chi connectivity index (χ3v) is 7.24. The van der Waals surface area contributed by atoms with Crippen LogP contribution < -0.4 is 4.90 Å². The molecule has 1 atom stereocenters. The number of aromatic nitrogens is 3. The average Bonchev–Trinajstić information content (AvgIpc) is 3.48.